The Kier molecular flexibility index (Phi) is 7.04. The number of nitrogens with zero attached hydrogens (tertiary/aromatic N) is 1. The SMILES string of the molecule is CCN(CCCO)CCC(=O)Nc1cccc(N)c1C. The molecular weight excluding hydrogens is 254 g/mol. The van der Waals surface area contributed by atoms with E-state index in [0.717, 1.165) is 30.8 Å². The first-order valence-electron chi connectivity index (χ1n) is 7.06. The number of aliphatic hydroxyl groups excluding tert-OH is 1. The first-order valence-corrected chi connectivity index (χ1v) is 7.06. The average molecular weight is 279 g/mol. The van der Waals surface area contributed by atoms with Crippen LogP contribution in [-0.2, 0) is 4.79 Å². The maximum Gasteiger partial charge on any atom is 0.225 e. The molecule has 0 fully saturated rings. The van der Waals surface area contributed by atoms with Crippen LogP contribution >= 0.6 is 0 Å². The summed E-state index contributed by atoms with van der Waals surface area (Å²) >= 11 is 0. The lowest BCUT2D eigenvalue weighted by Crippen LogP contribution is -2.29. The van der Waals surface area contributed by atoms with Gasteiger partial charge in [-0.2, -0.15) is 0 Å². The Balaban J connectivity index is 2.45. The fourth-order valence-corrected chi connectivity index (χ4v) is 1.98. The maximum absolute atomic E-state index is 11.9. The van der Waals surface area contributed by atoms with E-state index in [9.17, 15) is 4.79 Å². The van der Waals surface area contributed by atoms with E-state index in [4.69, 9.17) is 10.8 Å². The lowest BCUT2D eigenvalue weighted by molar-refractivity contribution is -0.116. The third kappa shape index (κ3) is 5.19. The van der Waals surface area contributed by atoms with E-state index in [0.29, 0.717) is 18.7 Å². The summed E-state index contributed by atoms with van der Waals surface area (Å²) in [5.74, 6) is -0.0128. The minimum Gasteiger partial charge on any atom is -0.398 e. The number of hydrogen-bond donors (Lipinski definition) is 3. The largest absolute Gasteiger partial charge is 0.398 e. The number of carbonyl (C=O) groups excluding carboxylic acids is 1. The van der Waals surface area contributed by atoms with Crippen LogP contribution in [0, 0.1) is 6.92 Å². The van der Waals surface area contributed by atoms with Gasteiger partial charge in [0.1, 0.15) is 0 Å². The zero-order valence-electron chi connectivity index (χ0n) is 12.4. The minimum atomic E-state index is -0.0128. The van der Waals surface area contributed by atoms with Crippen LogP contribution in [-0.4, -0.2) is 42.2 Å². The highest BCUT2D eigenvalue weighted by atomic mass is 16.3. The Bertz CT molecular complexity index is 435. The van der Waals surface area contributed by atoms with Gasteiger partial charge in [0, 0.05) is 37.5 Å². The van der Waals surface area contributed by atoms with Crippen molar-refractivity contribution in [2.75, 3.05) is 37.3 Å². The van der Waals surface area contributed by atoms with Crippen LogP contribution < -0.4 is 11.1 Å². The molecule has 5 heteroatoms. The van der Waals surface area contributed by atoms with Gasteiger partial charge < -0.3 is 21.1 Å². The summed E-state index contributed by atoms with van der Waals surface area (Å²) < 4.78 is 0. The minimum absolute atomic E-state index is 0.0128. The molecule has 0 aliphatic heterocycles. The molecule has 1 rings (SSSR count). The lowest BCUT2D eigenvalue weighted by Gasteiger charge is -2.19. The van der Waals surface area contributed by atoms with Crippen LogP contribution in [0.1, 0.15) is 25.3 Å². The molecular formula is C15H25N3O2. The molecule has 0 radical (unpaired) electrons. The number of nitrogens with two attached hydrogens (primary N) is 1. The van der Waals surface area contributed by atoms with E-state index in [2.05, 4.69) is 17.1 Å². The average Bonchev–Trinajstić information content (AvgIpc) is 2.44. The Morgan fingerprint density at radius 2 is 2.15 bits per heavy atom. The molecule has 0 aliphatic carbocycles. The molecule has 20 heavy (non-hydrogen) atoms. The van der Waals surface area contributed by atoms with Crippen molar-refractivity contribution < 1.29 is 9.90 Å². The number of rotatable bonds is 8. The Morgan fingerprint density at radius 3 is 2.80 bits per heavy atom. The van der Waals surface area contributed by atoms with Gasteiger partial charge >= 0.3 is 0 Å². The molecule has 1 amide bonds. The van der Waals surface area contributed by atoms with E-state index in [1.54, 1.807) is 0 Å². The molecule has 0 saturated heterocycles. The van der Waals surface area contributed by atoms with E-state index in [1.165, 1.54) is 0 Å². The van der Waals surface area contributed by atoms with Gasteiger partial charge in [0.2, 0.25) is 5.91 Å². The third-order valence-electron chi connectivity index (χ3n) is 3.38. The van der Waals surface area contributed by atoms with Crippen molar-refractivity contribution >= 4 is 17.3 Å². The lowest BCUT2D eigenvalue weighted by atomic mass is 10.1. The van der Waals surface area contributed by atoms with Gasteiger partial charge in [-0.1, -0.05) is 13.0 Å². The standard InChI is InChI=1S/C15H25N3O2/c1-3-18(9-5-11-19)10-8-15(20)17-14-7-4-6-13(16)12(14)2/h4,6-7,19H,3,5,8-11,16H2,1-2H3,(H,17,20). The monoisotopic (exact) mass is 279 g/mol. The molecule has 0 aromatic heterocycles. The first kappa shape index (κ1) is 16.5. The molecule has 4 N–H and O–H groups in total. The molecule has 0 spiro atoms. The molecule has 0 atom stereocenters. The van der Waals surface area contributed by atoms with Crippen molar-refractivity contribution in [2.45, 2.75) is 26.7 Å². The summed E-state index contributed by atoms with van der Waals surface area (Å²) in [5, 5.41) is 11.7. The van der Waals surface area contributed by atoms with Gasteiger partial charge in [0.15, 0.2) is 0 Å². The van der Waals surface area contributed by atoms with Gasteiger partial charge in [0.05, 0.1) is 0 Å². The zero-order chi connectivity index (χ0) is 15.0. The number of nitrogens with one attached hydrogen (secondary N) is 1. The second-order valence-electron chi connectivity index (χ2n) is 4.83. The Morgan fingerprint density at radius 1 is 1.40 bits per heavy atom. The predicted octanol–water partition coefficient (Wildman–Crippen LogP) is 1.61. The number of aliphatic hydroxyl groups is 1. The van der Waals surface area contributed by atoms with Crippen molar-refractivity contribution in [3.05, 3.63) is 23.8 Å². The van der Waals surface area contributed by atoms with Gasteiger partial charge in [0.25, 0.3) is 0 Å². The number of anilines is 2. The van der Waals surface area contributed by atoms with Crippen LogP contribution in [0.15, 0.2) is 18.2 Å². The van der Waals surface area contributed by atoms with Gasteiger partial charge in [-0.3, -0.25) is 4.79 Å². The Hall–Kier alpha value is -1.59. The quantitative estimate of drug-likeness (QED) is 0.632. The molecule has 1 aromatic carbocycles. The van der Waals surface area contributed by atoms with Gasteiger partial charge in [-0.15, -0.1) is 0 Å². The first-order chi connectivity index (χ1) is 9.58. The zero-order valence-corrected chi connectivity index (χ0v) is 12.4. The van der Waals surface area contributed by atoms with Crippen molar-refractivity contribution in [3.8, 4) is 0 Å². The topological polar surface area (TPSA) is 78.6 Å². The summed E-state index contributed by atoms with van der Waals surface area (Å²) in [6.45, 7) is 6.53. The summed E-state index contributed by atoms with van der Waals surface area (Å²) in [5.41, 5.74) is 8.16. The number of hydrogen-bond acceptors (Lipinski definition) is 4. The third-order valence-corrected chi connectivity index (χ3v) is 3.38. The number of benzene rings is 1. The van der Waals surface area contributed by atoms with Crippen molar-refractivity contribution in [1.29, 1.82) is 0 Å². The number of carbonyl (C=O) groups is 1. The van der Waals surface area contributed by atoms with Crippen LogP contribution in [0.4, 0.5) is 11.4 Å². The molecule has 112 valence electrons. The molecule has 1 aromatic rings. The van der Waals surface area contributed by atoms with Crippen LogP contribution in [0.5, 0.6) is 0 Å². The molecule has 0 bridgehead atoms. The van der Waals surface area contributed by atoms with E-state index < -0.39 is 0 Å². The molecule has 0 saturated carbocycles. The predicted molar refractivity (Wildman–Crippen MR) is 82.7 cm³/mol. The van der Waals surface area contributed by atoms with E-state index in [-0.39, 0.29) is 12.5 Å². The highest BCUT2D eigenvalue weighted by Crippen LogP contribution is 2.20. The maximum atomic E-state index is 11.9. The van der Waals surface area contributed by atoms with Crippen LogP contribution in [0.2, 0.25) is 0 Å². The highest BCUT2D eigenvalue weighted by molar-refractivity contribution is 5.92. The van der Waals surface area contributed by atoms with E-state index >= 15 is 0 Å². The van der Waals surface area contributed by atoms with Gasteiger partial charge in [-0.25, -0.2) is 0 Å². The summed E-state index contributed by atoms with van der Waals surface area (Å²) in [6.07, 6.45) is 1.18. The fraction of sp³-hybridized carbons (Fsp3) is 0.533. The van der Waals surface area contributed by atoms with Crippen molar-refractivity contribution in [2.24, 2.45) is 0 Å². The molecule has 0 aliphatic rings. The highest BCUT2D eigenvalue weighted by Gasteiger charge is 2.08. The fourth-order valence-electron chi connectivity index (χ4n) is 1.98. The van der Waals surface area contributed by atoms with Gasteiger partial charge in [-0.05, 0) is 37.6 Å². The van der Waals surface area contributed by atoms with Crippen LogP contribution in [0.3, 0.4) is 0 Å². The van der Waals surface area contributed by atoms with Crippen LogP contribution in [0.25, 0.3) is 0 Å². The number of amides is 1. The van der Waals surface area contributed by atoms with Crippen molar-refractivity contribution in [1.82, 2.24) is 4.90 Å². The second-order valence-corrected chi connectivity index (χ2v) is 4.83. The summed E-state index contributed by atoms with van der Waals surface area (Å²) in [7, 11) is 0. The van der Waals surface area contributed by atoms with Crippen molar-refractivity contribution in [3.63, 3.8) is 0 Å². The molecule has 5 nitrogen and oxygen atoms in total. The summed E-state index contributed by atoms with van der Waals surface area (Å²) in [6, 6.07) is 5.50. The smallest absolute Gasteiger partial charge is 0.225 e. The normalized spacial score (nSPS) is 10.8. The molecule has 0 heterocycles. The number of nitrogen functional groups attached to an aromatic ring is 1. The molecule has 0 unspecified atom stereocenters. The second kappa shape index (κ2) is 8.55. The Labute approximate surface area is 120 Å². The van der Waals surface area contributed by atoms with E-state index in [1.807, 2.05) is 25.1 Å². The summed E-state index contributed by atoms with van der Waals surface area (Å²) in [4.78, 5) is 14.1.